The van der Waals surface area contributed by atoms with Gasteiger partial charge in [-0.3, -0.25) is 0 Å². The summed E-state index contributed by atoms with van der Waals surface area (Å²) in [5, 5.41) is 4.83. The molecule has 312 valence electrons. The lowest BCUT2D eigenvalue weighted by Gasteiger charge is -2.13. The minimum absolute atomic E-state index is 0.832. The van der Waals surface area contributed by atoms with Crippen molar-refractivity contribution in [1.29, 1.82) is 0 Å². The zero-order valence-corrected chi connectivity index (χ0v) is 36.4. The third-order valence-electron chi connectivity index (χ3n) is 13.3. The van der Waals surface area contributed by atoms with Crippen LogP contribution < -0.4 is 14.2 Å². The second kappa shape index (κ2) is 15.5. The van der Waals surface area contributed by atoms with Crippen LogP contribution >= 0.6 is 0 Å². The van der Waals surface area contributed by atoms with Gasteiger partial charge in [-0.1, -0.05) is 91.0 Å². The molecule has 0 bridgehead atoms. The van der Waals surface area contributed by atoms with Gasteiger partial charge >= 0.3 is 0 Å². The van der Waals surface area contributed by atoms with Crippen molar-refractivity contribution in [2.45, 2.75) is 6.42 Å². The van der Waals surface area contributed by atoms with Crippen molar-refractivity contribution in [3.63, 3.8) is 0 Å². The lowest BCUT2D eigenvalue weighted by molar-refractivity contribution is 0.414. The number of fused-ring (bicyclic) bond motifs is 9. The fraction of sp³-hybridized carbons (Fsp3) is 0.0667. The first-order valence-electron chi connectivity index (χ1n) is 22.0. The monoisotopic (exact) mass is 840 g/mol. The number of hydrogen-bond donors (Lipinski definition) is 0. The maximum absolute atomic E-state index is 5.57. The first-order chi connectivity index (χ1) is 32.0. The smallest absolute Gasteiger partial charge is 0.119 e. The Labute approximate surface area is 377 Å². The van der Waals surface area contributed by atoms with E-state index in [1.54, 1.807) is 21.3 Å². The predicted octanol–water partition coefficient (Wildman–Crippen LogP) is 15.0. The summed E-state index contributed by atoms with van der Waals surface area (Å²) in [5.41, 5.74) is 19.1. The molecule has 0 saturated heterocycles. The number of rotatable bonds is 8. The Kier molecular flexibility index (Phi) is 9.16. The zero-order chi connectivity index (χ0) is 43.6. The van der Waals surface area contributed by atoms with Crippen molar-refractivity contribution in [2.75, 3.05) is 21.3 Å². The van der Waals surface area contributed by atoms with E-state index in [1.807, 2.05) is 36.4 Å². The van der Waals surface area contributed by atoms with Gasteiger partial charge in [0, 0.05) is 32.9 Å². The highest BCUT2D eigenvalue weighted by molar-refractivity contribution is 6.13. The highest BCUT2D eigenvalue weighted by atomic mass is 16.5. The molecule has 0 saturated carbocycles. The van der Waals surface area contributed by atoms with Crippen LogP contribution in [0.15, 0.2) is 194 Å². The number of para-hydroxylation sites is 1. The van der Waals surface area contributed by atoms with Gasteiger partial charge in [-0.15, -0.1) is 0 Å². The minimum Gasteiger partial charge on any atom is -0.497 e. The molecule has 0 radical (unpaired) electrons. The quantitative estimate of drug-likeness (QED) is 0.153. The molecule has 0 N–H and O–H groups in total. The van der Waals surface area contributed by atoms with Gasteiger partial charge in [-0.25, -0.2) is 0 Å². The van der Waals surface area contributed by atoms with Gasteiger partial charge in [0.25, 0.3) is 0 Å². The lowest BCUT2D eigenvalue weighted by atomic mass is 9.91. The van der Waals surface area contributed by atoms with E-state index in [-0.39, 0.29) is 0 Å². The Morgan fingerprint density at radius 2 is 0.785 bits per heavy atom. The van der Waals surface area contributed by atoms with Crippen LogP contribution in [0.2, 0.25) is 0 Å². The third kappa shape index (κ3) is 6.46. The zero-order valence-electron chi connectivity index (χ0n) is 36.4. The number of hydrogen-bond acceptors (Lipinski definition) is 3. The van der Waals surface area contributed by atoms with E-state index in [9.17, 15) is 0 Å². The highest BCUT2D eigenvalue weighted by Gasteiger charge is 2.20. The molecule has 12 rings (SSSR count). The Hall–Kier alpha value is -8.28. The van der Waals surface area contributed by atoms with Crippen LogP contribution in [0.3, 0.4) is 0 Å². The Morgan fingerprint density at radius 1 is 0.354 bits per heavy atom. The topological polar surface area (TPSA) is 37.5 Å². The summed E-state index contributed by atoms with van der Waals surface area (Å²) in [7, 11) is 5.13. The van der Waals surface area contributed by atoms with Crippen LogP contribution in [0.25, 0.3) is 100 Å². The van der Waals surface area contributed by atoms with Crippen LogP contribution in [0.1, 0.15) is 16.7 Å². The highest BCUT2D eigenvalue weighted by Crippen LogP contribution is 2.42. The van der Waals surface area contributed by atoms with Gasteiger partial charge in [-0.05, 0) is 171 Å². The number of ether oxygens (including phenoxy) is 3. The number of aromatic nitrogens is 2. The van der Waals surface area contributed by atoms with Crippen molar-refractivity contribution in [3.05, 3.63) is 211 Å². The average Bonchev–Trinajstić information content (AvgIpc) is 3.81. The number of nitrogens with zero attached hydrogens (tertiary/aromatic N) is 2. The molecule has 0 fully saturated rings. The largest absolute Gasteiger partial charge is 0.497 e. The molecule has 2 aromatic heterocycles. The molecule has 1 aliphatic rings. The summed E-state index contributed by atoms with van der Waals surface area (Å²) in [5.74, 6) is 2.54. The molecule has 2 heterocycles. The molecule has 0 aliphatic heterocycles. The summed E-state index contributed by atoms with van der Waals surface area (Å²) >= 11 is 0. The van der Waals surface area contributed by atoms with Crippen LogP contribution in [0.4, 0.5) is 0 Å². The lowest BCUT2D eigenvalue weighted by Crippen LogP contribution is -1.94. The molecule has 0 unspecified atom stereocenters. The van der Waals surface area contributed by atoms with Gasteiger partial charge in [0.2, 0.25) is 0 Å². The molecule has 0 amide bonds. The van der Waals surface area contributed by atoms with Crippen LogP contribution in [0.5, 0.6) is 17.2 Å². The number of allylic oxidation sites excluding steroid dienone is 1. The SMILES string of the molecule is COc1ccc(C2=Cc3ccccc3-c3cc(-c4ccc5c(c4)c4cc(-c6ccc7c(c6)c6ccccc6n7-c6ccc(OC)cc6)ccc4n5-c4ccc(OC)cc4)ccc3C2)cc1. The van der Waals surface area contributed by atoms with Crippen molar-refractivity contribution in [2.24, 2.45) is 0 Å². The van der Waals surface area contributed by atoms with Crippen molar-refractivity contribution in [1.82, 2.24) is 9.13 Å². The predicted molar refractivity (Wildman–Crippen MR) is 269 cm³/mol. The molecular weight excluding hydrogens is 797 g/mol. The van der Waals surface area contributed by atoms with Crippen molar-refractivity contribution >= 4 is 55.3 Å². The standard InChI is InChI=1S/C60H44N2O3/c1-63-48-23-14-38(15-24-48)45-32-43-8-4-5-9-51(43)53-34-39(12-13-44(53)33-45)41-17-30-59-55(36-41)56-37-42(18-31-60(56)62(59)47-21-27-50(65-3)28-22-47)40-16-29-58-54(35-40)52-10-6-7-11-57(52)61(58)46-19-25-49(64-2)26-20-46/h4-32,34-37H,33H2,1-3H3. The van der Waals surface area contributed by atoms with E-state index in [4.69, 9.17) is 14.2 Å². The molecule has 0 spiro atoms. The van der Waals surface area contributed by atoms with E-state index in [0.29, 0.717) is 0 Å². The Morgan fingerprint density at radius 3 is 1.34 bits per heavy atom. The number of benzene rings is 9. The Bertz CT molecular complexity index is 3670. The molecule has 11 aromatic rings. The second-order valence-electron chi connectivity index (χ2n) is 16.8. The molecule has 1 aliphatic carbocycles. The first-order valence-corrected chi connectivity index (χ1v) is 22.0. The van der Waals surface area contributed by atoms with Gasteiger partial charge in [0.05, 0.1) is 43.4 Å². The van der Waals surface area contributed by atoms with Gasteiger partial charge in [0.15, 0.2) is 0 Å². The second-order valence-corrected chi connectivity index (χ2v) is 16.8. The van der Waals surface area contributed by atoms with E-state index in [1.165, 1.54) is 82.7 Å². The average molecular weight is 841 g/mol. The minimum atomic E-state index is 0.832. The third-order valence-corrected chi connectivity index (χ3v) is 13.3. The van der Waals surface area contributed by atoms with Crippen LogP contribution in [-0.2, 0) is 6.42 Å². The number of methoxy groups -OCH3 is 3. The molecule has 5 nitrogen and oxygen atoms in total. The molecule has 65 heavy (non-hydrogen) atoms. The summed E-state index contributed by atoms with van der Waals surface area (Å²) < 4.78 is 21.2. The van der Waals surface area contributed by atoms with E-state index < -0.39 is 0 Å². The summed E-state index contributed by atoms with van der Waals surface area (Å²) in [6.07, 6.45) is 3.19. The summed E-state index contributed by atoms with van der Waals surface area (Å²) in [4.78, 5) is 0. The molecular formula is C60H44N2O3. The normalized spacial score (nSPS) is 12.3. The first kappa shape index (κ1) is 38.4. The van der Waals surface area contributed by atoms with E-state index >= 15 is 0 Å². The fourth-order valence-electron chi connectivity index (χ4n) is 10.0. The molecule has 9 aromatic carbocycles. The van der Waals surface area contributed by atoms with Crippen molar-refractivity contribution < 1.29 is 14.2 Å². The van der Waals surface area contributed by atoms with E-state index in [0.717, 1.165) is 51.6 Å². The fourth-order valence-corrected chi connectivity index (χ4v) is 10.0. The maximum atomic E-state index is 5.57. The van der Waals surface area contributed by atoms with Crippen molar-refractivity contribution in [3.8, 4) is 62.0 Å². The summed E-state index contributed by atoms with van der Waals surface area (Å²) in [6.45, 7) is 0. The van der Waals surface area contributed by atoms with Gasteiger partial charge in [0.1, 0.15) is 17.2 Å². The summed E-state index contributed by atoms with van der Waals surface area (Å²) in [6, 6.07) is 70.3. The van der Waals surface area contributed by atoms with Gasteiger partial charge < -0.3 is 23.3 Å². The van der Waals surface area contributed by atoms with Crippen LogP contribution in [-0.4, -0.2) is 30.5 Å². The Balaban J connectivity index is 1.000. The van der Waals surface area contributed by atoms with E-state index in [2.05, 4.69) is 173 Å². The van der Waals surface area contributed by atoms with Crippen LogP contribution in [0, 0.1) is 0 Å². The molecule has 0 atom stereocenters. The molecule has 5 heteroatoms. The maximum Gasteiger partial charge on any atom is 0.119 e. The van der Waals surface area contributed by atoms with Gasteiger partial charge in [-0.2, -0.15) is 0 Å².